The predicted molar refractivity (Wildman–Crippen MR) is 79.2 cm³/mol. The molecule has 0 atom stereocenters. The maximum atomic E-state index is 10.8. The summed E-state index contributed by atoms with van der Waals surface area (Å²) in [5.41, 5.74) is 1.41. The number of nitro groups is 1. The summed E-state index contributed by atoms with van der Waals surface area (Å²) in [6.07, 6.45) is 0. The standard InChI is InChI=1S/C14H14ClN3O2/c1-10-13(18(19)20)7-8-14(16-10)17(2)9-11-5-3-4-6-12(11)15/h3-8H,9H2,1-2H3. The van der Waals surface area contributed by atoms with Crippen molar-refractivity contribution in [1.29, 1.82) is 0 Å². The van der Waals surface area contributed by atoms with Crippen molar-refractivity contribution in [3.63, 3.8) is 0 Å². The molecule has 1 aromatic carbocycles. The number of anilines is 1. The lowest BCUT2D eigenvalue weighted by Gasteiger charge is -2.19. The molecule has 1 aromatic heterocycles. The second-order valence-corrected chi connectivity index (χ2v) is 4.89. The number of benzene rings is 1. The van der Waals surface area contributed by atoms with Gasteiger partial charge in [-0.25, -0.2) is 4.98 Å². The van der Waals surface area contributed by atoms with Crippen molar-refractivity contribution in [2.24, 2.45) is 0 Å². The van der Waals surface area contributed by atoms with Crippen molar-refractivity contribution in [2.45, 2.75) is 13.5 Å². The van der Waals surface area contributed by atoms with Crippen LogP contribution in [0.2, 0.25) is 5.02 Å². The molecule has 0 aliphatic rings. The summed E-state index contributed by atoms with van der Waals surface area (Å²) in [5.74, 6) is 0.674. The Morgan fingerprint density at radius 1 is 1.30 bits per heavy atom. The number of nitrogens with zero attached hydrogens (tertiary/aromatic N) is 3. The Morgan fingerprint density at radius 3 is 2.60 bits per heavy atom. The Morgan fingerprint density at radius 2 is 2.00 bits per heavy atom. The van der Waals surface area contributed by atoms with E-state index in [-0.39, 0.29) is 5.69 Å². The summed E-state index contributed by atoms with van der Waals surface area (Å²) >= 11 is 6.12. The topological polar surface area (TPSA) is 59.3 Å². The van der Waals surface area contributed by atoms with Crippen LogP contribution in [0.3, 0.4) is 0 Å². The molecule has 0 aliphatic carbocycles. The maximum absolute atomic E-state index is 10.8. The zero-order chi connectivity index (χ0) is 14.7. The third-order valence-corrected chi connectivity index (χ3v) is 3.37. The Labute approximate surface area is 122 Å². The van der Waals surface area contributed by atoms with Gasteiger partial charge in [0, 0.05) is 24.7 Å². The second-order valence-electron chi connectivity index (χ2n) is 4.48. The number of aryl methyl sites for hydroxylation is 1. The molecule has 0 unspecified atom stereocenters. The van der Waals surface area contributed by atoms with Gasteiger partial charge in [0.25, 0.3) is 5.69 Å². The lowest BCUT2D eigenvalue weighted by Crippen LogP contribution is -2.18. The van der Waals surface area contributed by atoms with E-state index in [0.717, 1.165) is 5.56 Å². The van der Waals surface area contributed by atoms with Crippen LogP contribution >= 0.6 is 11.6 Å². The van der Waals surface area contributed by atoms with Gasteiger partial charge in [0.2, 0.25) is 0 Å². The summed E-state index contributed by atoms with van der Waals surface area (Å²) in [4.78, 5) is 16.5. The average Bonchev–Trinajstić information content (AvgIpc) is 2.40. The van der Waals surface area contributed by atoms with E-state index in [1.54, 1.807) is 13.0 Å². The number of aromatic nitrogens is 1. The predicted octanol–water partition coefficient (Wildman–Crippen LogP) is 3.59. The van der Waals surface area contributed by atoms with E-state index >= 15 is 0 Å². The van der Waals surface area contributed by atoms with Crippen molar-refractivity contribution in [3.05, 3.63) is 62.8 Å². The molecule has 2 aromatic rings. The molecular formula is C14H14ClN3O2. The van der Waals surface area contributed by atoms with Crippen molar-refractivity contribution in [2.75, 3.05) is 11.9 Å². The van der Waals surface area contributed by atoms with Gasteiger partial charge in [-0.1, -0.05) is 29.8 Å². The fraction of sp³-hybridized carbons (Fsp3) is 0.214. The molecule has 20 heavy (non-hydrogen) atoms. The van der Waals surface area contributed by atoms with Gasteiger partial charge < -0.3 is 4.90 Å². The number of hydrogen-bond donors (Lipinski definition) is 0. The zero-order valence-electron chi connectivity index (χ0n) is 11.2. The number of hydrogen-bond acceptors (Lipinski definition) is 4. The van der Waals surface area contributed by atoms with E-state index in [1.165, 1.54) is 6.07 Å². The second kappa shape index (κ2) is 5.88. The van der Waals surface area contributed by atoms with Gasteiger partial charge in [-0.05, 0) is 24.6 Å². The van der Waals surface area contributed by atoms with E-state index < -0.39 is 4.92 Å². The van der Waals surface area contributed by atoms with Crippen LogP contribution in [0.25, 0.3) is 0 Å². The molecule has 0 saturated carbocycles. The number of halogens is 1. The van der Waals surface area contributed by atoms with Crippen molar-refractivity contribution in [1.82, 2.24) is 4.98 Å². The number of rotatable bonds is 4. The molecule has 0 bridgehead atoms. The van der Waals surface area contributed by atoms with Crippen LogP contribution in [-0.2, 0) is 6.54 Å². The third-order valence-electron chi connectivity index (χ3n) is 3.00. The van der Waals surface area contributed by atoms with Gasteiger partial charge in [-0.3, -0.25) is 10.1 Å². The maximum Gasteiger partial charge on any atom is 0.290 e. The van der Waals surface area contributed by atoms with Gasteiger partial charge in [-0.2, -0.15) is 0 Å². The van der Waals surface area contributed by atoms with Gasteiger partial charge in [0.05, 0.1) is 4.92 Å². The van der Waals surface area contributed by atoms with E-state index in [1.807, 2.05) is 36.2 Å². The Balaban J connectivity index is 2.22. The van der Waals surface area contributed by atoms with Crippen LogP contribution in [0.5, 0.6) is 0 Å². The zero-order valence-corrected chi connectivity index (χ0v) is 12.0. The first-order valence-electron chi connectivity index (χ1n) is 6.05. The van der Waals surface area contributed by atoms with Crippen LogP contribution in [0.15, 0.2) is 36.4 Å². The summed E-state index contributed by atoms with van der Waals surface area (Å²) < 4.78 is 0. The SMILES string of the molecule is Cc1nc(N(C)Cc2ccccc2Cl)ccc1[N+](=O)[O-]. The Hall–Kier alpha value is -2.14. The first-order chi connectivity index (χ1) is 9.49. The van der Waals surface area contributed by atoms with Gasteiger partial charge in [0.15, 0.2) is 0 Å². The van der Waals surface area contributed by atoms with Crippen LogP contribution < -0.4 is 4.90 Å². The lowest BCUT2D eigenvalue weighted by atomic mass is 10.2. The highest BCUT2D eigenvalue weighted by Gasteiger charge is 2.14. The first kappa shape index (κ1) is 14.3. The molecule has 0 N–H and O–H groups in total. The molecule has 0 saturated heterocycles. The fourth-order valence-corrected chi connectivity index (χ4v) is 2.10. The van der Waals surface area contributed by atoms with E-state index in [9.17, 15) is 10.1 Å². The summed E-state index contributed by atoms with van der Waals surface area (Å²) in [5, 5.41) is 11.5. The quantitative estimate of drug-likeness (QED) is 0.638. The highest BCUT2D eigenvalue weighted by molar-refractivity contribution is 6.31. The van der Waals surface area contributed by atoms with Gasteiger partial charge >= 0.3 is 0 Å². The molecule has 2 rings (SSSR count). The molecular weight excluding hydrogens is 278 g/mol. The van der Waals surface area contributed by atoms with E-state index in [0.29, 0.717) is 23.1 Å². The van der Waals surface area contributed by atoms with Crippen molar-refractivity contribution in [3.8, 4) is 0 Å². The minimum Gasteiger partial charge on any atom is -0.355 e. The average molecular weight is 292 g/mol. The first-order valence-corrected chi connectivity index (χ1v) is 6.43. The largest absolute Gasteiger partial charge is 0.355 e. The minimum atomic E-state index is -0.430. The number of pyridine rings is 1. The Bertz CT molecular complexity index is 646. The van der Waals surface area contributed by atoms with Crippen LogP contribution in [0, 0.1) is 17.0 Å². The molecule has 1 heterocycles. The fourth-order valence-electron chi connectivity index (χ4n) is 1.91. The van der Waals surface area contributed by atoms with Crippen LogP contribution in [-0.4, -0.2) is 17.0 Å². The van der Waals surface area contributed by atoms with Crippen molar-refractivity contribution < 1.29 is 4.92 Å². The smallest absolute Gasteiger partial charge is 0.290 e. The molecule has 0 fully saturated rings. The molecule has 0 radical (unpaired) electrons. The normalized spacial score (nSPS) is 10.3. The van der Waals surface area contributed by atoms with Crippen LogP contribution in [0.1, 0.15) is 11.3 Å². The molecule has 104 valence electrons. The molecule has 5 nitrogen and oxygen atoms in total. The molecule has 6 heteroatoms. The summed E-state index contributed by atoms with van der Waals surface area (Å²) in [6.45, 7) is 2.22. The summed E-state index contributed by atoms with van der Waals surface area (Å²) in [6, 6.07) is 10.7. The summed E-state index contributed by atoms with van der Waals surface area (Å²) in [7, 11) is 1.87. The molecule has 0 amide bonds. The van der Waals surface area contributed by atoms with Gasteiger partial charge in [0.1, 0.15) is 11.5 Å². The Kier molecular flexibility index (Phi) is 4.20. The van der Waals surface area contributed by atoms with Crippen molar-refractivity contribution >= 4 is 23.1 Å². The minimum absolute atomic E-state index is 0.0277. The third kappa shape index (κ3) is 3.05. The van der Waals surface area contributed by atoms with Gasteiger partial charge in [-0.15, -0.1) is 0 Å². The lowest BCUT2D eigenvalue weighted by molar-refractivity contribution is -0.385. The highest BCUT2D eigenvalue weighted by atomic mass is 35.5. The van der Waals surface area contributed by atoms with E-state index in [4.69, 9.17) is 11.6 Å². The highest BCUT2D eigenvalue weighted by Crippen LogP contribution is 2.22. The van der Waals surface area contributed by atoms with Crippen LogP contribution in [0.4, 0.5) is 11.5 Å². The molecule has 0 spiro atoms. The monoisotopic (exact) mass is 291 g/mol. The van der Waals surface area contributed by atoms with E-state index in [2.05, 4.69) is 4.98 Å². The molecule has 0 aliphatic heterocycles.